The second-order valence-electron chi connectivity index (χ2n) is 2.95. The van der Waals surface area contributed by atoms with Crippen LogP contribution in [0.4, 0.5) is 17.6 Å². The van der Waals surface area contributed by atoms with E-state index in [1.807, 2.05) is 0 Å². The van der Waals surface area contributed by atoms with Crippen LogP contribution in [0.5, 0.6) is 0 Å². The first-order chi connectivity index (χ1) is 7.30. The van der Waals surface area contributed by atoms with Gasteiger partial charge in [-0.25, -0.2) is 9.37 Å². The normalized spacial score (nSPS) is 12.4. The van der Waals surface area contributed by atoms with Gasteiger partial charge < -0.3 is 0 Å². The van der Waals surface area contributed by atoms with Gasteiger partial charge in [0.1, 0.15) is 0 Å². The van der Waals surface area contributed by atoms with Crippen molar-refractivity contribution in [2.75, 3.05) is 0 Å². The topological polar surface area (TPSA) is 43.1 Å². The van der Waals surface area contributed by atoms with Crippen LogP contribution in [-0.2, 0) is 6.18 Å². The Kier molecular flexibility index (Phi) is 2.26. The summed E-state index contributed by atoms with van der Waals surface area (Å²) in [5.74, 6) is -2.73. The third kappa shape index (κ3) is 1.58. The summed E-state index contributed by atoms with van der Waals surface area (Å²) in [4.78, 5) is 6.61. The quantitative estimate of drug-likeness (QED) is 0.535. The van der Waals surface area contributed by atoms with E-state index in [0.29, 0.717) is 4.52 Å². The molecule has 2 heterocycles. The van der Waals surface area contributed by atoms with Crippen molar-refractivity contribution < 1.29 is 17.6 Å². The molecule has 86 valence electrons. The highest BCUT2D eigenvalue weighted by molar-refractivity contribution is 6.29. The molecule has 16 heavy (non-hydrogen) atoms. The third-order valence-corrected chi connectivity index (χ3v) is 2.12. The molecule has 2 aromatic heterocycles. The van der Waals surface area contributed by atoms with Gasteiger partial charge in [-0.15, -0.1) is 5.10 Å². The number of rotatable bonds is 0. The highest BCUT2D eigenvalue weighted by atomic mass is 35.5. The van der Waals surface area contributed by atoms with Crippen molar-refractivity contribution in [1.82, 2.24) is 19.6 Å². The number of fused-ring (bicyclic) bond motifs is 1. The maximum atomic E-state index is 13.2. The van der Waals surface area contributed by atoms with Gasteiger partial charge in [-0.2, -0.15) is 22.7 Å². The van der Waals surface area contributed by atoms with Crippen molar-refractivity contribution in [2.24, 2.45) is 0 Å². The summed E-state index contributed by atoms with van der Waals surface area (Å²) >= 11 is 5.47. The Labute approximate surface area is 90.9 Å². The molecule has 0 atom stereocenters. The van der Waals surface area contributed by atoms with Crippen molar-refractivity contribution in [1.29, 1.82) is 0 Å². The number of aryl methyl sites for hydroxylation is 1. The fourth-order valence-electron chi connectivity index (χ4n) is 1.07. The minimum Gasteiger partial charge on any atom is -0.213 e. The van der Waals surface area contributed by atoms with Gasteiger partial charge in [0.2, 0.25) is 0 Å². The molecule has 0 amide bonds. The first-order valence-electron chi connectivity index (χ1n) is 3.96. The minimum absolute atomic E-state index is 0.140. The van der Waals surface area contributed by atoms with Gasteiger partial charge in [0, 0.05) is 0 Å². The molecular weight excluding hydrogens is 252 g/mol. The number of halogens is 5. The fraction of sp³-hybridized carbons (Fsp3) is 0.286. The van der Waals surface area contributed by atoms with Crippen molar-refractivity contribution in [3.63, 3.8) is 0 Å². The Balaban J connectivity index is 2.77. The van der Waals surface area contributed by atoms with E-state index >= 15 is 0 Å². The van der Waals surface area contributed by atoms with Crippen LogP contribution in [0.2, 0.25) is 5.15 Å². The van der Waals surface area contributed by atoms with E-state index < -0.39 is 28.7 Å². The summed E-state index contributed by atoms with van der Waals surface area (Å²) in [6, 6.07) is 0. The van der Waals surface area contributed by atoms with Crippen molar-refractivity contribution in [2.45, 2.75) is 13.1 Å². The van der Waals surface area contributed by atoms with Crippen LogP contribution in [0.15, 0.2) is 0 Å². The van der Waals surface area contributed by atoms with E-state index in [4.69, 9.17) is 11.6 Å². The summed E-state index contributed by atoms with van der Waals surface area (Å²) < 4.78 is 50.5. The number of hydrogen-bond acceptors (Lipinski definition) is 3. The number of aromatic nitrogens is 4. The predicted octanol–water partition coefficient (Wildman–Crippen LogP) is 2.24. The largest absolute Gasteiger partial charge is 0.453 e. The third-order valence-electron chi connectivity index (χ3n) is 1.80. The highest BCUT2D eigenvalue weighted by Gasteiger charge is 2.37. The SMILES string of the molecule is Cc1nc2nc(C(F)(F)F)nn2c(Cl)c1F. The smallest absolute Gasteiger partial charge is 0.213 e. The summed E-state index contributed by atoms with van der Waals surface area (Å²) in [7, 11) is 0. The van der Waals surface area contributed by atoms with Gasteiger partial charge in [-0.05, 0) is 6.92 Å². The minimum atomic E-state index is -4.72. The van der Waals surface area contributed by atoms with Crippen LogP contribution >= 0.6 is 11.6 Å². The molecule has 0 radical (unpaired) electrons. The van der Waals surface area contributed by atoms with Crippen molar-refractivity contribution in [3.8, 4) is 0 Å². The molecule has 2 rings (SSSR count). The van der Waals surface area contributed by atoms with E-state index in [1.54, 1.807) is 0 Å². The molecule has 0 unspecified atom stereocenters. The van der Waals surface area contributed by atoms with Crippen LogP contribution in [-0.4, -0.2) is 19.6 Å². The Morgan fingerprint density at radius 3 is 2.44 bits per heavy atom. The molecule has 4 nitrogen and oxygen atoms in total. The zero-order valence-corrected chi connectivity index (χ0v) is 8.43. The molecule has 0 spiro atoms. The van der Waals surface area contributed by atoms with E-state index in [9.17, 15) is 17.6 Å². The number of alkyl halides is 3. The molecule has 0 aliphatic carbocycles. The maximum Gasteiger partial charge on any atom is 0.453 e. The second-order valence-corrected chi connectivity index (χ2v) is 3.30. The Morgan fingerprint density at radius 1 is 1.25 bits per heavy atom. The lowest BCUT2D eigenvalue weighted by molar-refractivity contribution is -0.144. The van der Waals surface area contributed by atoms with Gasteiger partial charge in [0.15, 0.2) is 11.0 Å². The van der Waals surface area contributed by atoms with Crippen LogP contribution in [0.3, 0.4) is 0 Å². The molecule has 0 aromatic carbocycles. The molecule has 0 saturated carbocycles. The number of nitrogens with zero attached hydrogens (tertiary/aromatic N) is 4. The fourth-order valence-corrected chi connectivity index (χ4v) is 1.32. The summed E-state index contributed by atoms with van der Waals surface area (Å²) in [6.45, 7) is 1.27. The van der Waals surface area contributed by atoms with Gasteiger partial charge >= 0.3 is 6.18 Å². The molecule has 0 fully saturated rings. The lowest BCUT2D eigenvalue weighted by atomic mass is 10.4. The number of hydrogen-bond donors (Lipinski definition) is 0. The predicted molar refractivity (Wildman–Crippen MR) is 45.5 cm³/mol. The molecule has 9 heteroatoms. The van der Waals surface area contributed by atoms with Crippen LogP contribution in [0, 0.1) is 12.7 Å². The van der Waals surface area contributed by atoms with Crippen LogP contribution in [0.25, 0.3) is 5.78 Å². The van der Waals surface area contributed by atoms with E-state index in [2.05, 4.69) is 15.1 Å². The molecule has 0 N–H and O–H groups in total. The Hall–Kier alpha value is -1.44. The molecule has 0 bridgehead atoms. The Morgan fingerprint density at radius 2 is 1.88 bits per heavy atom. The van der Waals surface area contributed by atoms with E-state index in [0.717, 1.165) is 0 Å². The van der Waals surface area contributed by atoms with Crippen LogP contribution < -0.4 is 0 Å². The van der Waals surface area contributed by atoms with E-state index in [1.165, 1.54) is 6.92 Å². The van der Waals surface area contributed by atoms with Gasteiger partial charge in [-0.1, -0.05) is 11.6 Å². The monoisotopic (exact) mass is 254 g/mol. The zero-order chi connectivity index (χ0) is 12.1. The summed E-state index contributed by atoms with van der Waals surface area (Å²) in [5, 5.41) is 2.45. The van der Waals surface area contributed by atoms with Gasteiger partial charge in [0.05, 0.1) is 5.69 Å². The average Bonchev–Trinajstić information content (AvgIpc) is 2.57. The lowest BCUT2D eigenvalue weighted by Crippen LogP contribution is -2.07. The first kappa shape index (κ1) is 11.1. The maximum absolute atomic E-state index is 13.2. The molecular formula is C7H3ClF4N4. The molecule has 0 aliphatic heterocycles. The van der Waals surface area contributed by atoms with Gasteiger partial charge in [0.25, 0.3) is 11.6 Å². The molecule has 0 saturated heterocycles. The standard InChI is InChI=1S/C7H3ClF4N4/c1-2-3(9)4(8)16-6(13-2)14-5(15-16)7(10,11)12/h1H3. The Bertz CT molecular complexity index is 561. The van der Waals surface area contributed by atoms with E-state index in [-0.39, 0.29) is 5.69 Å². The molecule has 2 aromatic rings. The second kappa shape index (κ2) is 3.27. The lowest BCUT2D eigenvalue weighted by Gasteiger charge is -1.99. The van der Waals surface area contributed by atoms with Crippen molar-refractivity contribution in [3.05, 3.63) is 22.5 Å². The average molecular weight is 255 g/mol. The summed E-state index contributed by atoms with van der Waals surface area (Å²) in [6.07, 6.45) is -4.72. The molecule has 0 aliphatic rings. The van der Waals surface area contributed by atoms with Crippen LogP contribution in [0.1, 0.15) is 11.5 Å². The van der Waals surface area contributed by atoms with Crippen molar-refractivity contribution >= 4 is 17.4 Å². The van der Waals surface area contributed by atoms with Gasteiger partial charge in [-0.3, -0.25) is 0 Å². The highest BCUT2D eigenvalue weighted by Crippen LogP contribution is 2.27. The zero-order valence-electron chi connectivity index (χ0n) is 7.68. The summed E-state index contributed by atoms with van der Waals surface area (Å²) in [5.41, 5.74) is -0.140. The first-order valence-corrected chi connectivity index (χ1v) is 4.34.